The summed E-state index contributed by atoms with van der Waals surface area (Å²) in [5.74, 6) is 0. The first kappa shape index (κ1) is 10.0. The highest BCUT2D eigenvalue weighted by Crippen LogP contribution is 2.24. The highest BCUT2D eigenvalue weighted by Gasteiger charge is 2.27. The van der Waals surface area contributed by atoms with Crippen molar-refractivity contribution in [3.8, 4) is 0 Å². The molecule has 0 aliphatic carbocycles. The average molecular weight is 232 g/mol. The van der Waals surface area contributed by atoms with Crippen molar-refractivity contribution in [2.24, 2.45) is 0 Å². The van der Waals surface area contributed by atoms with Gasteiger partial charge in [-0.2, -0.15) is 0 Å². The summed E-state index contributed by atoms with van der Waals surface area (Å²) in [4.78, 5) is 5.95. The normalized spacial score (nSPS) is 27.7. The zero-order chi connectivity index (χ0) is 9.97. The van der Waals surface area contributed by atoms with E-state index in [-0.39, 0.29) is 11.0 Å². The largest absolute Gasteiger partial charge is 0.336 e. The number of hydrogen-bond donors (Lipinski definition) is 1. The van der Waals surface area contributed by atoms with Crippen LogP contribution in [0.2, 0.25) is 0 Å². The van der Waals surface area contributed by atoms with Crippen LogP contribution in [0.3, 0.4) is 0 Å². The fourth-order valence-corrected chi connectivity index (χ4v) is 2.31. The molecule has 1 saturated heterocycles. The van der Waals surface area contributed by atoms with E-state index in [0.29, 0.717) is 0 Å². The summed E-state index contributed by atoms with van der Waals surface area (Å²) in [6.07, 6.45) is 3.48. The van der Waals surface area contributed by atoms with Crippen molar-refractivity contribution in [1.29, 1.82) is 0 Å². The molecule has 2 rings (SSSR count). The molecule has 1 aliphatic rings. The third-order valence-corrected chi connectivity index (χ3v) is 2.92. The molecule has 14 heavy (non-hydrogen) atoms. The van der Waals surface area contributed by atoms with Gasteiger partial charge in [0.2, 0.25) is 0 Å². The lowest BCUT2D eigenvalue weighted by Gasteiger charge is -2.38. The number of piperazine rings is 1. The Morgan fingerprint density at radius 3 is 2.36 bits per heavy atom. The number of nitrogens with zero attached hydrogens (tertiary/aromatic N) is 2. The van der Waals surface area contributed by atoms with Crippen molar-refractivity contribution in [3.05, 3.63) is 24.5 Å². The lowest BCUT2D eigenvalue weighted by molar-refractivity contribution is 0.530. The lowest BCUT2D eigenvalue weighted by Crippen LogP contribution is -2.53. The summed E-state index contributed by atoms with van der Waals surface area (Å²) in [6, 6.07) is 3.83. The molecule has 3 nitrogen and oxygen atoms in total. The summed E-state index contributed by atoms with van der Waals surface area (Å²) in [5.41, 5.74) is 0.809. The van der Waals surface area contributed by atoms with Crippen LogP contribution < -0.4 is 10.2 Å². The van der Waals surface area contributed by atoms with E-state index in [1.54, 1.807) is 12.4 Å². The minimum atomic E-state index is -0.103. The summed E-state index contributed by atoms with van der Waals surface area (Å²) in [7, 11) is 0. The van der Waals surface area contributed by atoms with E-state index in [2.05, 4.69) is 10.3 Å². The van der Waals surface area contributed by atoms with Crippen LogP contribution in [0.5, 0.6) is 0 Å². The van der Waals surface area contributed by atoms with Gasteiger partial charge in [0, 0.05) is 31.2 Å². The Morgan fingerprint density at radius 2 is 1.79 bits per heavy atom. The number of anilines is 1. The van der Waals surface area contributed by atoms with Gasteiger partial charge in [-0.3, -0.25) is 4.98 Å². The second-order valence-electron chi connectivity index (χ2n) is 3.14. The first-order chi connectivity index (χ1) is 6.79. The van der Waals surface area contributed by atoms with Crippen molar-refractivity contribution >= 4 is 28.9 Å². The Hall–Kier alpha value is -0.510. The maximum Gasteiger partial charge on any atom is 0.118 e. The van der Waals surface area contributed by atoms with Crippen molar-refractivity contribution in [2.75, 3.05) is 18.0 Å². The molecule has 0 spiro atoms. The van der Waals surface area contributed by atoms with Crippen molar-refractivity contribution in [2.45, 2.75) is 11.0 Å². The molecule has 1 aromatic heterocycles. The van der Waals surface area contributed by atoms with Gasteiger partial charge in [-0.05, 0) is 12.1 Å². The molecule has 1 aliphatic heterocycles. The third-order valence-electron chi connectivity index (χ3n) is 2.19. The number of nitrogens with one attached hydrogen (secondary N) is 1. The van der Waals surface area contributed by atoms with Crippen LogP contribution in [-0.4, -0.2) is 29.1 Å². The first-order valence-corrected chi connectivity index (χ1v) is 5.33. The molecule has 0 amide bonds. The van der Waals surface area contributed by atoms with E-state index in [1.807, 2.05) is 17.0 Å². The predicted octanol–water partition coefficient (Wildman–Crippen LogP) is 1.62. The summed E-state index contributed by atoms with van der Waals surface area (Å²) < 4.78 is 0. The van der Waals surface area contributed by atoms with Gasteiger partial charge in [0.25, 0.3) is 0 Å². The highest BCUT2D eigenvalue weighted by atomic mass is 35.5. The summed E-state index contributed by atoms with van der Waals surface area (Å²) >= 11 is 12.3. The molecule has 76 valence electrons. The number of hydrogen-bond acceptors (Lipinski definition) is 3. The number of pyridine rings is 1. The van der Waals surface area contributed by atoms with Gasteiger partial charge in [-0.1, -0.05) is 23.2 Å². The maximum absolute atomic E-state index is 6.17. The molecular formula is C9H11Cl2N3. The number of aromatic nitrogens is 1. The van der Waals surface area contributed by atoms with Crippen LogP contribution in [0.15, 0.2) is 24.5 Å². The van der Waals surface area contributed by atoms with Gasteiger partial charge in [-0.25, -0.2) is 0 Å². The number of halogens is 2. The smallest absolute Gasteiger partial charge is 0.118 e. The quantitative estimate of drug-likeness (QED) is 0.589. The molecule has 2 unspecified atom stereocenters. The predicted molar refractivity (Wildman–Crippen MR) is 58.9 cm³/mol. The molecule has 1 aromatic rings. The maximum atomic E-state index is 6.17. The van der Waals surface area contributed by atoms with E-state index in [9.17, 15) is 0 Å². The standard InChI is InChI=1S/C9H11Cl2N3/c10-8-5-13-6-9(11)14(8)7-1-3-12-4-2-7/h1-4,8-9,13H,5-6H2. The fourth-order valence-electron chi connectivity index (χ4n) is 1.53. The zero-order valence-electron chi connectivity index (χ0n) is 7.53. The van der Waals surface area contributed by atoms with E-state index in [4.69, 9.17) is 23.2 Å². The minimum absolute atomic E-state index is 0.103. The molecular weight excluding hydrogens is 221 g/mol. The van der Waals surface area contributed by atoms with Gasteiger partial charge in [-0.15, -0.1) is 0 Å². The molecule has 1 fully saturated rings. The van der Waals surface area contributed by atoms with Crippen molar-refractivity contribution in [3.63, 3.8) is 0 Å². The van der Waals surface area contributed by atoms with E-state index >= 15 is 0 Å². The minimum Gasteiger partial charge on any atom is -0.336 e. The zero-order valence-corrected chi connectivity index (χ0v) is 9.04. The molecule has 0 radical (unpaired) electrons. The number of alkyl halides is 2. The Labute approximate surface area is 93.0 Å². The van der Waals surface area contributed by atoms with Crippen LogP contribution in [0, 0.1) is 0 Å². The van der Waals surface area contributed by atoms with Gasteiger partial charge < -0.3 is 10.2 Å². The van der Waals surface area contributed by atoms with Gasteiger partial charge in [0.15, 0.2) is 0 Å². The van der Waals surface area contributed by atoms with Crippen LogP contribution in [0.25, 0.3) is 0 Å². The Morgan fingerprint density at radius 1 is 1.21 bits per heavy atom. The molecule has 2 heterocycles. The topological polar surface area (TPSA) is 28.2 Å². The van der Waals surface area contributed by atoms with Crippen molar-refractivity contribution < 1.29 is 0 Å². The van der Waals surface area contributed by atoms with Crippen LogP contribution in [0.4, 0.5) is 5.69 Å². The molecule has 0 saturated carbocycles. The molecule has 1 N–H and O–H groups in total. The molecule has 0 bridgehead atoms. The fraction of sp³-hybridized carbons (Fsp3) is 0.444. The Bertz CT molecular complexity index is 283. The molecule has 5 heteroatoms. The van der Waals surface area contributed by atoms with Crippen LogP contribution >= 0.6 is 23.2 Å². The second-order valence-corrected chi connectivity index (χ2v) is 4.15. The first-order valence-electron chi connectivity index (χ1n) is 4.46. The van der Waals surface area contributed by atoms with Crippen LogP contribution in [-0.2, 0) is 0 Å². The van der Waals surface area contributed by atoms with Crippen molar-refractivity contribution in [1.82, 2.24) is 10.3 Å². The average Bonchev–Trinajstić information content (AvgIpc) is 2.19. The third kappa shape index (κ3) is 1.95. The van der Waals surface area contributed by atoms with E-state index in [0.717, 1.165) is 18.8 Å². The van der Waals surface area contributed by atoms with Gasteiger partial charge >= 0.3 is 0 Å². The Kier molecular flexibility index (Phi) is 3.11. The number of rotatable bonds is 1. The molecule has 0 aromatic carbocycles. The van der Waals surface area contributed by atoms with E-state index in [1.165, 1.54) is 0 Å². The SMILES string of the molecule is ClC1CNCC(Cl)N1c1ccncc1. The second kappa shape index (κ2) is 4.34. The Balaban J connectivity index is 2.23. The summed E-state index contributed by atoms with van der Waals surface area (Å²) in [6.45, 7) is 1.49. The van der Waals surface area contributed by atoms with Gasteiger partial charge in [0.05, 0.1) is 0 Å². The summed E-state index contributed by atoms with van der Waals surface area (Å²) in [5, 5.41) is 3.16. The van der Waals surface area contributed by atoms with E-state index < -0.39 is 0 Å². The van der Waals surface area contributed by atoms with Crippen LogP contribution in [0.1, 0.15) is 0 Å². The highest BCUT2D eigenvalue weighted by molar-refractivity contribution is 6.26. The van der Waals surface area contributed by atoms with Gasteiger partial charge in [0.1, 0.15) is 11.0 Å². The monoisotopic (exact) mass is 231 g/mol. The lowest BCUT2D eigenvalue weighted by atomic mass is 10.3. The molecule has 2 atom stereocenters.